The summed E-state index contributed by atoms with van der Waals surface area (Å²) in [5.74, 6) is 2.40. The lowest BCUT2D eigenvalue weighted by Crippen LogP contribution is -2.11. The molecule has 0 saturated heterocycles. The Bertz CT molecular complexity index is 540. The van der Waals surface area contributed by atoms with Crippen LogP contribution in [0.3, 0.4) is 0 Å². The summed E-state index contributed by atoms with van der Waals surface area (Å²) in [7, 11) is 1.66. The summed E-state index contributed by atoms with van der Waals surface area (Å²) in [6.45, 7) is 2.12. The minimum atomic E-state index is -0.0331. The molecule has 0 fully saturated rings. The van der Waals surface area contributed by atoms with Crippen LogP contribution in [0.5, 0.6) is 17.2 Å². The minimum absolute atomic E-state index is 0.0331. The number of rotatable bonds is 6. The van der Waals surface area contributed by atoms with Gasteiger partial charge >= 0.3 is 0 Å². The van der Waals surface area contributed by atoms with Gasteiger partial charge in [0.25, 0.3) is 0 Å². The predicted molar refractivity (Wildman–Crippen MR) is 81.3 cm³/mol. The van der Waals surface area contributed by atoms with Gasteiger partial charge in [0.1, 0.15) is 17.2 Å². The molecule has 20 heavy (non-hydrogen) atoms. The molecule has 0 saturated carbocycles. The molecule has 0 aliphatic carbocycles. The molecule has 0 radical (unpaired) electrons. The zero-order valence-corrected chi connectivity index (χ0v) is 12.0. The quantitative estimate of drug-likeness (QED) is 0.852. The molecule has 0 bridgehead atoms. The van der Waals surface area contributed by atoms with Crippen molar-refractivity contribution in [1.29, 1.82) is 0 Å². The summed E-state index contributed by atoms with van der Waals surface area (Å²) in [5.41, 5.74) is 7.20. The Hall–Kier alpha value is -2.00. The second-order valence-electron chi connectivity index (χ2n) is 4.71. The van der Waals surface area contributed by atoms with Crippen molar-refractivity contribution >= 4 is 0 Å². The summed E-state index contributed by atoms with van der Waals surface area (Å²) in [5, 5.41) is 0. The standard InChI is InChI=1S/C17H21NO2/c1-3-7-16(18)15-12-14(10-11-17(15)19-2)20-13-8-5-4-6-9-13/h4-6,8-12,16H,3,7,18H2,1-2H3. The zero-order chi connectivity index (χ0) is 14.4. The largest absolute Gasteiger partial charge is 0.496 e. The van der Waals surface area contributed by atoms with E-state index < -0.39 is 0 Å². The fraction of sp³-hybridized carbons (Fsp3) is 0.294. The molecule has 0 aromatic heterocycles. The van der Waals surface area contributed by atoms with Gasteiger partial charge in [0, 0.05) is 11.6 Å². The van der Waals surface area contributed by atoms with Gasteiger partial charge in [-0.25, -0.2) is 0 Å². The van der Waals surface area contributed by atoms with E-state index in [9.17, 15) is 0 Å². The molecule has 2 N–H and O–H groups in total. The molecule has 2 aromatic rings. The Balaban J connectivity index is 2.25. The maximum absolute atomic E-state index is 6.21. The van der Waals surface area contributed by atoms with Crippen LogP contribution in [0.1, 0.15) is 31.4 Å². The average molecular weight is 271 g/mol. The van der Waals surface area contributed by atoms with Crippen LogP contribution >= 0.6 is 0 Å². The monoisotopic (exact) mass is 271 g/mol. The highest BCUT2D eigenvalue weighted by atomic mass is 16.5. The van der Waals surface area contributed by atoms with Gasteiger partial charge in [-0.1, -0.05) is 31.5 Å². The van der Waals surface area contributed by atoms with E-state index in [1.807, 2.05) is 48.5 Å². The zero-order valence-electron chi connectivity index (χ0n) is 12.0. The lowest BCUT2D eigenvalue weighted by atomic mass is 10.0. The molecule has 3 nitrogen and oxygen atoms in total. The molecule has 0 heterocycles. The van der Waals surface area contributed by atoms with Crippen molar-refractivity contribution in [3.63, 3.8) is 0 Å². The minimum Gasteiger partial charge on any atom is -0.496 e. The van der Waals surface area contributed by atoms with E-state index in [1.165, 1.54) is 0 Å². The first-order chi connectivity index (χ1) is 9.74. The topological polar surface area (TPSA) is 44.5 Å². The van der Waals surface area contributed by atoms with E-state index in [0.29, 0.717) is 0 Å². The van der Waals surface area contributed by atoms with E-state index in [1.54, 1.807) is 7.11 Å². The SMILES string of the molecule is CCCC(N)c1cc(Oc2ccccc2)ccc1OC. The first-order valence-electron chi connectivity index (χ1n) is 6.91. The second kappa shape index (κ2) is 6.96. The maximum atomic E-state index is 6.21. The van der Waals surface area contributed by atoms with Gasteiger partial charge in [0.2, 0.25) is 0 Å². The Morgan fingerprint density at radius 1 is 1.05 bits per heavy atom. The Morgan fingerprint density at radius 2 is 1.80 bits per heavy atom. The van der Waals surface area contributed by atoms with Gasteiger partial charge in [-0.05, 0) is 36.8 Å². The fourth-order valence-corrected chi connectivity index (χ4v) is 2.16. The van der Waals surface area contributed by atoms with Crippen LogP contribution in [0.15, 0.2) is 48.5 Å². The van der Waals surface area contributed by atoms with Crippen LogP contribution < -0.4 is 15.2 Å². The number of nitrogens with two attached hydrogens (primary N) is 1. The molecule has 1 unspecified atom stereocenters. The van der Waals surface area contributed by atoms with Crippen LogP contribution in [-0.4, -0.2) is 7.11 Å². The number of para-hydroxylation sites is 1. The molecule has 106 valence electrons. The molecule has 0 aliphatic rings. The van der Waals surface area contributed by atoms with E-state index in [2.05, 4.69) is 6.92 Å². The second-order valence-corrected chi connectivity index (χ2v) is 4.71. The van der Waals surface area contributed by atoms with Crippen molar-refractivity contribution in [1.82, 2.24) is 0 Å². The van der Waals surface area contributed by atoms with Gasteiger partial charge < -0.3 is 15.2 Å². The van der Waals surface area contributed by atoms with Crippen molar-refractivity contribution in [2.75, 3.05) is 7.11 Å². The predicted octanol–water partition coefficient (Wildman–Crippen LogP) is 4.29. The van der Waals surface area contributed by atoms with E-state index in [-0.39, 0.29) is 6.04 Å². The van der Waals surface area contributed by atoms with Crippen LogP contribution in [0, 0.1) is 0 Å². The van der Waals surface area contributed by atoms with Crippen LogP contribution in [-0.2, 0) is 0 Å². The highest BCUT2D eigenvalue weighted by Gasteiger charge is 2.12. The van der Waals surface area contributed by atoms with Gasteiger partial charge in [-0.2, -0.15) is 0 Å². The summed E-state index contributed by atoms with van der Waals surface area (Å²) in [6.07, 6.45) is 1.96. The van der Waals surface area contributed by atoms with Gasteiger partial charge in [-0.15, -0.1) is 0 Å². The van der Waals surface area contributed by atoms with E-state index in [4.69, 9.17) is 15.2 Å². The lowest BCUT2D eigenvalue weighted by Gasteiger charge is -2.16. The molecular formula is C17H21NO2. The molecule has 1 atom stereocenters. The molecular weight excluding hydrogens is 250 g/mol. The maximum Gasteiger partial charge on any atom is 0.128 e. The molecule has 0 aliphatic heterocycles. The highest BCUT2D eigenvalue weighted by Crippen LogP contribution is 2.32. The first-order valence-corrected chi connectivity index (χ1v) is 6.91. The summed E-state index contributed by atoms with van der Waals surface area (Å²) >= 11 is 0. The van der Waals surface area contributed by atoms with Crippen molar-refractivity contribution in [3.05, 3.63) is 54.1 Å². The summed E-state index contributed by atoms with van der Waals surface area (Å²) < 4.78 is 11.2. The van der Waals surface area contributed by atoms with Crippen molar-refractivity contribution in [2.45, 2.75) is 25.8 Å². The van der Waals surface area contributed by atoms with Crippen LogP contribution in [0.2, 0.25) is 0 Å². The number of hydrogen-bond acceptors (Lipinski definition) is 3. The molecule has 2 aromatic carbocycles. The lowest BCUT2D eigenvalue weighted by molar-refractivity contribution is 0.401. The highest BCUT2D eigenvalue weighted by molar-refractivity contribution is 5.43. The van der Waals surface area contributed by atoms with E-state index >= 15 is 0 Å². The van der Waals surface area contributed by atoms with Crippen molar-refractivity contribution < 1.29 is 9.47 Å². The van der Waals surface area contributed by atoms with Crippen molar-refractivity contribution in [3.8, 4) is 17.2 Å². The Morgan fingerprint density at radius 3 is 2.45 bits per heavy atom. The number of methoxy groups -OCH3 is 1. The Kier molecular flexibility index (Phi) is 5.02. The number of hydrogen-bond donors (Lipinski definition) is 1. The Labute approximate surface area is 120 Å². The normalized spacial score (nSPS) is 11.9. The van der Waals surface area contributed by atoms with E-state index in [0.717, 1.165) is 35.7 Å². The number of ether oxygens (including phenoxy) is 2. The average Bonchev–Trinajstić information content (AvgIpc) is 2.48. The smallest absolute Gasteiger partial charge is 0.128 e. The summed E-state index contributed by atoms with van der Waals surface area (Å²) in [4.78, 5) is 0. The van der Waals surface area contributed by atoms with Crippen LogP contribution in [0.25, 0.3) is 0 Å². The fourth-order valence-electron chi connectivity index (χ4n) is 2.16. The third-order valence-electron chi connectivity index (χ3n) is 3.18. The molecule has 0 amide bonds. The van der Waals surface area contributed by atoms with Gasteiger partial charge in [0.15, 0.2) is 0 Å². The molecule has 3 heteroatoms. The first kappa shape index (κ1) is 14.4. The van der Waals surface area contributed by atoms with Gasteiger partial charge in [-0.3, -0.25) is 0 Å². The van der Waals surface area contributed by atoms with Gasteiger partial charge in [0.05, 0.1) is 7.11 Å². The van der Waals surface area contributed by atoms with Crippen LogP contribution in [0.4, 0.5) is 0 Å². The summed E-state index contributed by atoms with van der Waals surface area (Å²) in [6, 6.07) is 15.4. The third-order valence-corrected chi connectivity index (χ3v) is 3.18. The number of benzene rings is 2. The van der Waals surface area contributed by atoms with Crippen molar-refractivity contribution in [2.24, 2.45) is 5.73 Å². The molecule has 0 spiro atoms. The third kappa shape index (κ3) is 3.52. The molecule has 2 rings (SSSR count).